The summed E-state index contributed by atoms with van der Waals surface area (Å²) in [5.74, 6) is 0. The number of halogens is 4. The maximum atomic E-state index is 12.4. The summed E-state index contributed by atoms with van der Waals surface area (Å²) in [6, 6.07) is 12.0. The van der Waals surface area contributed by atoms with Gasteiger partial charge in [-0.2, -0.15) is 13.2 Å². The van der Waals surface area contributed by atoms with Crippen LogP contribution in [0, 0.1) is 0 Å². The lowest BCUT2D eigenvalue weighted by atomic mass is 10.1. The predicted octanol–water partition coefficient (Wildman–Crippen LogP) is 4.90. The standard InChI is InChI=1S/C15H10BrF3NO/c16-14-7-3-11(4-8-14)9-20-21-10-12-1-5-13(6-2-12)15(17,18)19/h1-8H,10H2. The molecule has 0 aliphatic rings. The summed E-state index contributed by atoms with van der Waals surface area (Å²) < 4.78 is 38.1. The second-order valence-corrected chi connectivity index (χ2v) is 5.09. The van der Waals surface area contributed by atoms with Gasteiger partial charge in [-0.3, -0.25) is 0 Å². The third kappa shape index (κ3) is 4.90. The number of hydrogen-bond acceptors (Lipinski definition) is 2. The molecule has 0 unspecified atom stereocenters. The van der Waals surface area contributed by atoms with E-state index in [2.05, 4.69) is 27.3 Å². The summed E-state index contributed by atoms with van der Waals surface area (Å²) in [5.41, 5.74) is 0.658. The highest BCUT2D eigenvalue weighted by atomic mass is 79.9. The maximum Gasteiger partial charge on any atom is 0.416 e. The summed E-state index contributed by atoms with van der Waals surface area (Å²) in [5, 5.41) is 3.65. The molecule has 109 valence electrons. The fraction of sp³-hybridized carbons (Fsp3) is 0.133. The highest BCUT2D eigenvalue weighted by Crippen LogP contribution is 2.29. The van der Waals surface area contributed by atoms with Crippen molar-refractivity contribution in [2.75, 3.05) is 0 Å². The maximum absolute atomic E-state index is 12.4. The van der Waals surface area contributed by atoms with Crippen molar-refractivity contribution < 1.29 is 18.0 Å². The van der Waals surface area contributed by atoms with Gasteiger partial charge in [0.15, 0.2) is 0 Å². The van der Waals surface area contributed by atoms with Crippen LogP contribution in [0.1, 0.15) is 16.7 Å². The van der Waals surface area contributed by atoms with E-state index in [1.54, 1.807) is 12.1 Å². The van der Waals surface area contributed by atoms with Gasteiger partial charge in [0.2, 0.25) is 0 Å². The molecule has 0 saturated heterocycles. The van der Waals surface area contributed by atoms with Gasteiger partial charge in [0.05, 0.1) is 5.56 Å². The molecule has 0 aromatic heterocycles. The first kappa shape index (κ1) is 15.6. The van der Waals surface area contributed by atoms with Crippen molar-refractivity contribution in [2.45, 2.75) is 12.8 Å². The van der Waals surface area contributed by atoms with E-state index in [1.807, 2.05) is 12.1 Å². The molecule has 0 saturated carbocycles. The van der Waals surface area contributed by atoms with Crippen LogP contribution in [0.15, 0.2) is 58.2 Å². The molecular formula is C15H10BrF3NO. The average Bonchev–Trinajstić information content (AvgIpc) is 2.45. The van der Waals surface area contributed by atoms with Crippen molar-refractivity contribution in [1.29, 1.82) is 0 Å². The van der Waals surface area contributed by atoms with Crippen molar-refractivity contribution in [1.82, 2.24) is 0 Å². The summed E-state index contributed by atoms with van der Waals surface area (Å²) >= 11 is 3.31. The number of hydrogen-bond donors (Lipinski definition) is 0. The van der Waals surface area contributed by atoms with Crippen LogP contribution in [0.4, 0.5) is 13.2 Å². The minimum atomic E-state index is -4.33. The zero-order valence-corrected chi connectivity index (χ0v) is 12.3. The Balaban J connectivity index is 1.87. The quantitative estimate of drug-likeness (QED) is 0.564. The van der Waals surface area contributed by atoms with Crippen molar-refractivity contribution in [3.05, 3.63) is 69.7 Å². The van der Waals surface area contributed by atoms with Crippen LogP contribution >= 0.6 is 15.9 Å². The molecular weight excluding hydrogens is 347 g/mol. The molecule has 2 nitrogen and oxygen atoms in total. The van der Waals surface area contributed by atoms with Gasteiger partial charge in [0.1, 0.15) is 12.8 Å². The lowest BCUT2D eigenvalue weighted by Gasteiger charge is -2.06. The predicted molar refractivity (Wildman–Crippen MR) is 76.9 cm³/mol. The zero-order valence-electron chi connectivity index (χ0n) is 10.7. The van der Waals surface area contributed by atoms with E-state index >= 15 is 0 Å². The van der Waals surface area contributed by atoms with Crippen LogP contribution in [0.5, 0.6) is 0 Å². The fourth-order valence-electron chi connectivity index (χ4n) is 1.51. The van der Waals surface area contributed by atoms with Crippen molar-refractivity contribution in [2.24, 2.45) is 5.16 Å². The van der Waals surface area contributed by atoms with E-state index in [-0.39, 0.29) is 6.61 Å². The first-order chi connectivity index (χ1) is 9.95. The minimum absolute atomic E-state index is 0.0850. The van der Waals surface area contributed by atoms with Gasteiger partial charge in [0, 0.05) is 10.0 Å². The topological polar surface area (TPSA) is 21.6 Å². The molecule has 2 aromatic carbocycles. The molecule has 0 fully saturated rings. The highest BCUT2D eigenvalue weighted by Gasteiger charge is 2.29. The average molecular weight is 357 g/mol. The Kier molecular flexibility index (Phi) is 5.01. The number of rotatable bonds is 4. The van der Waals surface area contributed by atoms with Crippen molar-refractivity contribution in [3.8, 4) is 0 Å². The SMILES string of the molecule is FC(F)(F)c1ccc(CO/N=[C]\c2ccc(Br)cc2)cc1. The van der Waals surface area contributed by atoms with Gasteiger partial charge in [-0.1, -0.05) is 45.4 Å². The molecule has 1 radical (unpaired) electrons. The Hall–Kier alpha value is -1.82. The summed E-state index contributed by atoms with van der Waals surface area (Å²) in [4.78, 5) is 5.00. The first-order valence-electron chi connectivity index (χ1n) is 5.95. The van der Waals surface area contributed by atoms with E-state index < -0.39 is 11.7 Å². The van der Waals surface area contributed by atoms with Crippen molar-refractivity contribution in [3.63, 3.8) is 0 Å². The van der Waals surface area contributed by atoms with Crippen LogP contribution in [0.25, 0.3) is 0 Å². The number of benzene rings is 2. The van der Waals surface area contributed by atoms with Gasteiger partial charge in [-0.15, -0.1) is 0 Å². The van der Waals surface area contributed by atoms with Crippen LogP contribution in [-0.2, 0) is 17.6 Å². The van der Waals surface area contributed by atoms with Crippen LogP contribution in [0.2, 0.25) is 0 Å². The summed E-state index contributed by atoms with van der Waals surface area (Å²) in [7, 11) is 0. The summed E-state index contributed by atoms with van der Waals surface area (Å²) in [6.45, 7) is 0.0850. The van der Waals surface area contributed by atoms with E-state index in [0.29, 0.717) is 5.56 Å². The smallest absolute Gasteiger partial charge is 0.390 e. The molecule has 0 bridgehead atoms. The molecule has 0 aliphatic heterocycles. The van der Waals surface area contributed by atoms with Crippen molar-refractivity contribution >= 4 is 22.1 Å². The monoisotopic (exact) mass is 356 g/mol. The normalized spacial score (nSPS) is 11.8. The molecule has 0 N–H and O–H groups in total. The molecule has 0 amide bonds. The molecule has 0 heterocycles. The Morgan fingerprint density at radius 3 is 2.19 bits per heavy atom. The second-order valence-electron chi connectivity index (χ2n) is 4.18. The lowest BCUT2D eigenvalue weighted by molar-refractivity contribution is -0.137. The van der Waals surface area contributed by atoms with Crippen LogP contribution < -0.4 is 0 Å². The molecule has 6 heteroatoms. The Morgan fingerprint density at radius 1 is 1.00 bits per heavy atom. The second kappa shape index (κ2) is 6.76. The highest BCUT2D eigenvalue weighted by molar-refractivity contribution is 9.10. The van der Waals surface area contributed by atoms with E-state index in [1.165, 1.54) is 12.1 Å². The van der Waals surface area contributed by atoms with Gasteiger partial charge in [0.25, 0.3) is 0 Å². The zero-order chi connectivity index (χ0) is 15.3. The fourth-order valence-corrected chi connectivity index (χ4v) is 1.77. The Bertz CT molecular complexity index is 606. The molecule has 2 rings (SSSR count). The van der Waals surface area contributed by atoms with Crippen LogP contribution in [0.3, 0.4) is 0 Å². The molecule has 2 aromatic rings. The first-order valence-corrected chi connectivity index (χ1v) is 6.74. The van der Waals surface area contributed by atoms with Gasteiger partial charge in [-0.05, 0) is 29.8 Å². The van der Waals surface area contributed by atoms with Crippen LogP contribution in [-0.4, -0.2) is 6.21 Å². The molecule has 21 heavy (non-hydrogen) atoms. The Morgan fingerprint density at radius 2 is 1.62 bits per heavy atom. The number of alkyl halides is 3. The third-order valence-electron chi connectivity index (χ3n) is 2.60. The van der Waals surface area contributed by atoms with E-state index in [4.69, 9.17) is 4.84 Å². The molecule has 0 spiro atoms. The van der Waals surface area contributed by atoms with Gasteiger partial charge in [-0.25, -0.2) is 0 Å². The number of nitrogens with zero attached hydrogens (tertiary/aromatic N) is 1. The van der Waals surface area contributed by atoms with E-state index in [9.17, 15) is 13.2 Å². The van der Waals surface area contributed by atoms with E-state index in [0.717, 1.165) is 22.2 Å². The minimum Gasteiger partial charge on any atom is -0.390 e. The van der Waals surface area contributed by atoms with Gasteiger partial charge >= 0.3 is 6.18 Å². The third-order valence-corrected chi connectivity index (χ3v) is 3.12. The molecule has 0 atom stereocenters. The Labute approximate surface area is 128 Å². The molecule has 0 aliphatic carbocycles. The summed E-state index contributed by atoms with van der Waals surface area (Å²) in [6.07, 6.45) is -1.65. The largest absolute Gasteiger partial charge is 0.416 e. The van der Waals surface area contributed by atoms with Gasteiger partial charge < -0.3 is 4.84 Å². The lowest BCUT2D eigenvalue weighted by Crippen LogP contribution is -2.04.